The zero-order chi connectivity index (χ0) is 14.9. The lowest BCUT2D eigenvalue weighted by Crippen LogP contribution is -2.31. The largest absolute Gasteiger partial charge is 0.463 e. The van der Waals surface area contributed by atoms with E-state index in [0.717, 1.165) is 12.3 Å². The number of ether oxygens (including phenoxy) is 1. The summed E-state index contributed by atoms with van der Waals surface area (Å²) in [5, 5.41) is 2.96. The molecule has 1 heterocycles. The van der Waals surface area contributed by atoms with Gasteiger partial charge in [0.1, 0.15) is 6.61 Å². The van der Waals surface area contributed by atoms with Crippen molar-refractivity contribution in [3.05, 3.63) is 59.7 Å². The van der Waals surface area contributed by atoms with Crippen LogP contribution in [0.2, 0.25) is 0 Å². The summed E-state index contributed by atoms with van der Waals surface area (Å²) >= 11 is 1.62. The Balaban J connectivity index is 1.57. The maximum atomic E-state index is 12.1. The molecule has 1 atom stereocenters. The summed E-state index contributed by atoms with van der Waals surface area (Å²) in [6.07, 6.45) is 0. The predicted molar refractivity (Wildman–Crippen MR) is 88.9 cm³/mol. The van der Waals surface area contributed by atoms with Crippen LogP contribution in [0.3, 0.4) is 0 Å². The van der Waals surface area contributed by atoms with Crippen LogP contribution >= 0.6 is 11.8 Å². The van der Waals surface area contributed by atoms with Gasteiger partial charge in [-0.25, -0.2) is 4.79 Å². The third kappa shape index (κ3) is 2.32. The van der Waals surface area contributed by atoms with Crippen molar-refractivity contribution in [2.24, 2.45) is 0 Å². The summed E-state index contributed by atoms with van der Waals surface area (Å²) in [6, 6.07) is 16.8. The lowest BCUT2D eigenvalue weighted by molar-refractivity contribution is -0.143. The molecule has 4 rings (SSSR count). The molecule has 0 bridgehead atoms. The molecule has 0 radical (unpaired) electrons. The van der Waals surface area contributed by atoms with Crippen LogP contribution in [-0.2, 0) is 9.53 Å². The average Bonchev–Trinajstić information content (AvgIpc) is 3.20. The predicted octanol–water partition coefficient (Wildman–Crippen LogP) is 3.00. The Morgan fingerprint density at radius 1 is 1.09 bits per heavy atom. The van der Waals surface area contributed by atoms with Crippen molar-refractivity contribution in [1.29, 1.82) is 0 Å². The summed E-state index contributed by atoms with van der Waals surface area (Å²) in [7, 11) is 0. The Hall–Kier alpha value is -1.78. The third-order valence-electron chi connectivity index (χ3n) is 4.29. The van der Waals surface area contributed by atoms with Gasteiger partial charge in [-0.3, -0.25) is 5.32 Å². The van der Waals surface area contributed by atoms with Crippen molar-refractivity contribution < 1.29 is 9.53 Å². The molecule has 3 nitrogen and oxygen atoms in total. The van der Waals surface area contributed by atoms with Crippen molar-refractivity contribution in [3.8, 4) is 11.1 Å². The Morgan fingerprint density at radius 2 is 1.73 bits per heavy atom. The van der Waals surface area contributed by atoms with Crippen molar-refractivity contribution in [2.75, 3.05) is 18.9 Å². The molecule has 2 aliphatic rings. The average molecular weight is 311 g/mol. The number of thioether (sulfide) groups is 1. The Morgan fingerprint density at radius 3 is 2.32 bits per heavy atom. The molecular weight excluding hydrogens is 294 g/mol. The standard InChI is InChI=1S/C18H17NO2S/c20-18(17-19-9-10-22-17)21-11-16-14-7-3-1-5-12(14)13-6-2-4-8-15(13)16/h1-8,16-17,19H,9-11H2. The van der Waals surface area contributed by atoms with E-state index in [9.17, 15) is 4.79 Å². The zero-order valence-corrected chi connectivity index (χ0v) is 12.9. The molecule has 0 saturated carbocycles. The minimum atomic E-state index is -0.202. The molecule has 2 aromatic carbocycles. The van der Waals surface area contributed by atoms with E-state index in [-0.39, 0.29) is 17.3 Å². The lowest BCUT2D eigenvalue weighted by atomic mass is 9.98. The summed E-state index contributed by atoms with van der Waals surface area (Å²) in [6.45, 7) is 1.28. The number of esters is 1. The van der Waals surface area contributed by atoms with Gasteiger partial charge in [0.25, 0.3) is 0 Å². The van der Waals surface area contributed by atoms with Crippen molar-refractivity contribution in [1.82, 2.24) is 5.32 Å². The van der Waals surface area contributed by atoms with E-state index >= 15 is 0 Å². The second kappa shape index (κ2) is 5.78. The fourth-order valence-electron chi connectivity index (χ4n) is 3.26. The highest BCUT2D eigenvalue weighted by molar-refractivity contribution is 8.00. The second-order valence-electron chi connectivity index (χ2n) is 5.56. The van der Waals surface area contributed by atoms with E-state index in [0.29, 0.717) is 6.61 Å². The molecular formula is C18H17NO2S. The highest BCUT2D eigenvalue weighted by atomic mass is 32.2. The van der Waals surface area contributed by atoms with Gasteiger partial charge in [0.15, 0.2) is 5.37 Å². The fraction of sp³-hybridized carbons (Fsp3) is 0.278. The third-order valence-corrected chi connectivity index (χ3v) is 5.42. The SMILES string of the molecule is O=C(OCC1c2ccccc2-c2ccccc21)C1NCCS1. The number of fused-ring (bicyclic) bond motifs is 3. The highest BCUT2D eigenvalue weighted by Crippen LogP contribution is 2.44. The molecule has 1 saturated heterocycles. The minimum absolute atomic E-state index is 0.141. The molecule has 0 aromatic heterocycles. The van der Waals surface area contributed by atoms with Crippen LogP contribution in [0, 0.1) is 0 Å². The Labute approximate surface area is 134 Å². The summed E-state index contributed by atoms with van der Waals surface area (Å²) in [5.41, 5.74) is 5.02. The van der Waals surface area contributed by atoms with E-state index in [4.69, 9.17) is 4.74 Å². The van der Waals surface area contributed by atoms with Gasteiger partial charge in [0.2, 0.25) is 0 Å². The van der Waals surface area contributed by atoms with Crippen LogP contribution in [0.5, 0.6) is 0 Å². The minimum Gasteiger partial charge on any atom is -0.463 e. The molecule has 1 fully saturated rings. The number of benzene rings is 2. The number of carbonyl (C=O) groups is 1. The molecule has 1 N–H and O–H groups in total. The maximum absolute atomic E-state index is 12.1. The van der Waals surface area contributed by atoms with Gasteiger partial charge in [-0.1, -0.05) is 48.5 Å². The summed E-state index contributed by atoms with van der Waals surface area (Å²) in [4.78, 5) is 12.1. The van der Waals surface area contributed by atoms with Crippen molar-refractivity contribution in [3.63, 3.8) is 0 Å². The summed E-state index contributed by atoms with van der Waals surface area (Å²) < 4.78 is 5.60. The zero-order valence-electron chi connectivity index (χ0n) is 12.1. The molecule has 0 spiro atoms. The molecule has 22 heavy (non-hydrogen) atoms. The van der Waals surface area contributed by atoms with Crippen LogP contribution in [0.4, 0.5) is 0 Å². The number of nitrogens with one attached hydrogen (secondary N) is 1. The van der Waals surface area contributed by atoms with E-state index in [1.807, 2.05) is 12.1 Å². The molecule has 0 amide bonds. The van der Waals surface area contributed by atoms with Gasteiger partial charge < -0.3 is 4.74 Å². The molecule has 4 heteroatoms. The topological polar surface area (TPSA) is 38.3 Å². The van der Waals surface area contributed by atoms with Crippen LogP contribution in [0.15, 0.2) is 48.5 Å². The first kappa shape index (κ1) is 13.9. The van der Waals surface area contributed by atoms with Gasteiger partial charge >= 0.3 is 5.97 Å². The number of hydrogen-bond acceptors (Lipinski definition) is 4. The molecule has 1 aliphatic carbocycles. The van der Waals surface area contributed by atoms with Crippen LogP contribution in [0.1, 0.15) is 17.0 Å². The second-order valence-corrected chi connectivity index (χ2v) is 6.78. The number of rotatable bonds is 3. The number of hydrogen-bond donors (Lipinski definition) is 1. The normalized spacial score (nSPS) is 19.7. The lowest BCUT2D eigenvalue weighted by Gasteiger charge is -2.16. The van der Waals surface area contributed by atoms with E-state index in [1.165, 1.54) is 22.3 Å². The number of carbonyl (C=O) groups excluding carboxylic acids is 1. The van der Waals surface area contributed by atoms with Gasteiger partial charge in [-0.2, -0.15) is 0 Å². The van der Waals surface area contributed by atoms with Crippen LogP contribution in [-0.4, -0.2) is 30.2 Å². The first-order valence-electron chi connectivity index (χ1n) is 7.54. The van der Waals surface area contributed by atoms with Crippen molar-refractivity contribution in [2.45, 2.75) is 11.3 Å². The quantitative estimate of drug-likeness (QED) is 0.884. The fourth-order valence-corrected chi connectivity index (χ4v) is 4.17. The molecule has 1 aliphatic heterocycles. The first-order valence-corrected chi connectivity index (χ1v) is 8.59. The van der Waals surface area contributed by atoms with Gasteiger partial charge in [0.05, 0.1) is 0 Å². The van der Waals surface area contributed by atoms with Crippen LogP contribution in [0.25, 0.3) is 11.1 Å². The first-order chi connectivity index (χ1) is 10.8. The van der Waals surface area contributed by atoms with E-state index in [1.54, 1.807) is 11.8 Å². The summed E-state index contributed by atoms with van der Waals surface area (Å²) in [5.74, 6) is 0.960. The van der Waals surface area contributed by atoms with Gasteiger partial charge in [-0.15, -0.1) is 11.8 Å². The molecule has 2 aromatic rings. The van der Waals surface area contributed by atoms with Gasteiger partial charge in [0, 0.05) is 18.2 Å². The highest BCUT2D eigenvalue weighted by Gasteiger charge is 2.30. The van der Waals surface area contributed by atoms with E-state index in [2.05, 4.69) is 41.7 Å². The Bertz CT molecular complexity index is 664. The Kier molecular flexibility index (Phi) is 3.64. The molecule has 1 unspecified atom stereocenters. The molecule has 112 valence electrons. The maximum Gasteiger partial charge on any atom is 0.333 e. The van der Waals surface area contributed by atoms with Crippen LogP contribution < -0.4 is 5.32 Å². The van der Waals surface area contributed by atoms with E-state index < -0.39 is 0 Å². The van der Waals surface area contributed by atoms with Crippen molar-refractivity contribution >= 4 is 17.7 Å². The monoisotopic (exact) mass is 311 g/mol. The smallest absolute Gasteiger partial charge is 0.333 e. The van der Waals surface area contributed by atoms with Gasteiger partial charge in [-0.05, 0) is 22.3 Å².